The molecular formula is C26H29N5O3. The quantitative estimate of drug-likeness (QED) is 0.365. The highest BCUT2D eigenvalue weighted by molar-refractivity contribution is 5.98. The fourth-order valence-corrected chi connectivity index (χ4v) is 3.95. The highest BCUT2D eigenvalue weighted by Gasteiger charge is 2.17. The molecule has 34 heavy (non-hydrogen) atoms. The van der Waals surface area contributed by atoms with Crippen LogP contribution >= 0.6 is 0 Å². The van der Waals surface area contributed by atoms with Gasteiger partial charge in [-0.15, -0.1) is 0 Å². The second kappa shape index (κ2) is 10.2. The molecule has 2 heterocycles. The third kappa shape index (κ3) is 4.96. The van der Waals surface area contributed by atoms with Gasteiger partial charge in [-0.2, -0.15) is 0 Å². The Bertz CT molecular complexity index is 1300. The van der Waals surface area contributed by atoms with Crippen molar-refractivity contribution in [3.63, 3.8) is 0 Å². The predicted molar refractivity (Wildman–Crippen MR) is 133 cm³/mol. The molecule has 0 aliphatic carbocycles. The van der Waals surface area contributed by atoms with Crippen LogP contribution in [0.2, 0.25) is 0 Å². The van der Waals surface area contributed by atoms with Crippen molar-refractivity contribution in [1.82, 2.24) is 14.5 Å². The molecule has 8 heteroatoms. The number of amides is 1. The molecule has 2 aromatic heterocycles. The van der Waals surface area contributed by atoms with Crippen LogP contribution < -0.4 is 20.5 Å². The standard InChI is InChI=1S/C26H29N5O3/c1-4-33-23-12-20-22(13-24(23)34-5-2)29-14-19(11-25(27)32)26(20)30-21-8-6-7-18(17(21)3)15-31-10-9-28-16-31/h6-10,12-14,16H,4-5,11,15H2,1-3H3,(H2,27,32)(H,29,30). The van der Waals surface area contributed by atoms with Gasteiger partial charge in [0, 0.05) is 47.8 Å². The Labute approximate surface area is 198 Å². The Hall–Kier alpha value is -4.07. The van der Waals surface area contributed by atoms with Crippen LogP contribution in [0.4, 0.5) is 11.4 Å². The molecule has 0 spiro atoms. The van der Waals surface area contributed by atoms with Crippen molar-refractivity contribution in [2.75, 3.05) is 18.5 Å². The fraction of sp³-hybridized carbons (Fsp3) is 0.269. The number of nitrogens with zero attached hydrogens (tertiary/aromatic N) is 3. The van der Waals surface area contributed by atoms with E-state index in [2.05, 4.69) is 28.3 Å². The van der Waals surface area contributed by atoms with Gasteiger partial charge < -0.3 is 25.1 Å². The molecular weight excluding hydrogens is 430 g/mol. The summed E-state index contributed by atoms with van der Waals surface area (Å²) in [6, 6.07) is 9.90. The molecule has 0 aliphatic rings. The summed E-state index contributed by atoms with van der Waals surface area (Å²) < 4.78 is 13.6. The van der Waals surface area contributed by atoms with E-state index in [4.69, 9.17) is 15.2 Å². The van der Waals surface area contributed by atoms with Gasteiger partial charge in [-0.1, -0.05) is 12.1 Å². The number of pyridine rings is 1. The Morgan fingerprint density at radius 3 is 2.56 bits per heavy atom. The Kier molecular flexibility index (Phi) is 6.96. The van der Waals surface area contributed by atoms with Gasteiger partial charge in [0.05, 0.1) is 37.2 Å². The minimum atomic E-state index is -0.425. The Morgan fingerprint density at radius 1 is 1.12 bits per heavy atom. The summed E-state index contributed by atoms with van der Waals surface area (Å²) in [6.45, 7) is 7.65. The van der Waals surface area contributed by atoms with Gasteiger partial charge in [0.1, 0.15) is 0 Å². The summed E-state index contributed by atoms with van der Waals surface area (Å²) >= 11 is 0. The highest BCUT2D eigenvalue weighted by atomic mass is 16.5. The number of hydrogen-bond acceptors (Lipinski definition) is 6. The van der Waals surface area contributed by atoms with E-state index in [0.29, 0.717) is 36.8 Å². The molecule has 3 N–H and O–H groups in total. The van der Waals surface area contributed by atoms with Crippen molar-refractivity contribution in [2.24, 2.45) is 5.73 Å². The number of carbonyl (C=O) groups excluding carboxylic acids is 1. The van der Waals surface area contributed by atoms with Gasteiger partial charge in [0.15, 0.2) is 11.5 Å². The van der Waals surface area contributed by atoms with Crippen LogP contribution in [0.15, 0.2) is 55.2 Å². The first kappa shape index (κ1) is 23.1. The minimum Gasteiger partial charge on any atom is -0.490 e. The zero-order chi connectivity index (χ0) is 24.1. The molecule has 176 valence electrons. The van der Waals surface area contributed by atoms with Crippen molar-refractivity contribution in [3.05, 3.63) is 71.9 Å². The number of ether oxygens (including phenoxy) is 2. The first-order chi connectivity index (χ1) is 16.5. The number of hydrogen-bond donors (Lipinski definition) is 2. The summed E-state index contributed by atoms with van der Waals surface area (Å²) in [4.78, 5) is 20.5. The van der Waals surface area contributed by atoms with E-state index in [1.54, 1.807) is 18.7 Å². The highest BCUT2D eigenvalue weighted by Crippen LogP contribution is 2.38. The van der Waals surface area contributed by atoms with Gasteiger partial charge in [0.2, 0.25) is 5.91 Å². The van der Waals surface area contributed by atoms with Crippen molar-refractivity contribution >= 4 is 28.2 Å². The third-order valence-corrected chi connectivity index (χ3v) is 5.59. The molecule has 8 nitrogen and oxygen atoms in total. The van der Waals surface area contributed by atoms with Crippen LogP contribution in [0.5, 0.6) is 11.5 Å². The van der Waals surface area contributed by atoms with Gasteiger partial charge in [0.25, 0.3) is 0 Å². The zero-order valence-electron chi connectivity index (χ0n) is 19.7. The molecule has 2 aromatic carbocycles. The lowest BCUT2D eigenvalue weighted by Gasteiger charge is -2.19. The number of imidazole rings is 1. The number of nitrogens with two attached hydrogens (primary N) is 1. The maximum Gasteiger partial charge on any atom is 0.221 e. The minimum absolute atomic E-state index is 0.0657. The molecule has 4 aromatic rings. The summed E-state index contributed by atoms with van der Waals surface area (Å²) in [5.74, 6) is 0.839. The van der Waals surface area contributed by atoms with Crippen molar-refractivity contribution in [3.8, 4) is 11.5 Å². The first-order valence-electron chi connectivity index (χ1n) is 11.3. The molecule has 0 radical (unpaired) electrons. The summed E-state index contributed by atoms with van der Waals surface area (Å²) in [7, 11) is 0. The van der Waals surface area contributed by atoms with E-state index in [1.807, 2.05) is 48.9 Å². The maximum absolute atomic E-state index is 11.8. The van der Waals surface area contributed by atoms with E-state index < -0.39 is 5.91 Å². The predicted octanol–water partition coefficient (Wildman–Crippen LogP) is 4.36. The van der Waals surface area contributed by atoms with E-state index in [0.717, 1.165) is 33.4 Å². The second-order valence-electron chi connectivity index (χ2n) is 7.93. The largest absolute Gasteiger partial charge is 0.490 e. The smallest absolute Gasteiger partial charge is 0.221 e. The molecule has 0 bridgehead atoms. The summed E-state index contributed by atoms with van der Waals surface area (Å²) in [5.41, 5.74) is 11.0. The Balaban J connectivity index is 1.82. The van der Waals surface area contributed by atoms with Gasteiger partial charge in [-0.25, -0.2) is 4.98 Å². The molecule has 1 amide bonds. The maximum atomic E-state index is 11.8. The topological polar surface area (TPSA) is 104 Å². The van der Waals surface area contributed by atoms with Gasteiger partial charge in [-0.3, -0.25) is 9.78 Å². The lowest BCUT2D eigenvalue weighted by Crippen LogP contribution is -2.15. The summed E-state index contributed by atoms with van der Waals surface area (Å²) in [5, 5.41) is 4.39. The second-order valence-corrected chi connectivity index (χ2v) is 7.93. The Morgan fingerprint density at radius 2 is 1.88 bits per heavy atom. The number of aromatic nitrogens is 3. The zero-order valence-corrected chi connectivity index (χ0v) is 19.7. The molecule has 0 aliphatic heterocycles. The van der Waals surface area contributed by atoms with Crippen LogP contribution in [-0.2, 0) is 17.8 Å². The summed E-state index contributed by atoms with van der Waals surface area (Å²) in [6.07, 6.45) is 7.26. The molecule has 0 fully saturated rings. The van der Waals surface area contributed by atoms with Crippen LogP contribution in [0.25, 0.3) is 10.9 Å². The normalized spacial score (nSPS) is 10.9. The van der Waals surface area contributed by atoms with Crippen molar-refractivity contribution in [2.45, 2.75) is 33.7 Å². The van der Waals surface area contributed by atoms with Gasteiger partial charge >= 0.3 is 0 Å². The number of rotatable bonds is 10. The third-order valence-electron chi connectivity index (χ3n) is 5.59. The number of anilines is 2. The van der Waals surface area contributed by atoms with Crippen LogP contribution in [0.3, 0.4) is 0 Å². The van der Waals surface area contributed by atoms with Crippen LogP contribution in [-0.4, -0.2) is 33.7 Å². The van der Waals surface area contributed by atoms with Crippen LogP contribution in [0, 0.1) is 6.92 Å². The van der Waals surface area contributed by atoms with E-state index in [-0.39, 0.29) is 6.42 Å². The van der Waals surface area contributed by atoms with Gasteiger partial charge in [-0.05, 0) is 44.0 Å². The monoisotopic (exact) mass is 459 g/mol. The van der Waals surface area contributed by atoms with E-state index in [1.165, 1.54) is 0 Å². The fourth-order valence-electron chi connectivity index (χ4n) is 3.95. The SMILES string of the molecule is CCOc1cc2ncc(CC(N)=O)c(Nc3cccc(Cn4ccnc4)c3C)c2cc1OCC. The first-order valence-corrected chi connectivity index (χ1v) is 11.3. The number of fused-ring (bicyclic) bond motifs is 1. The lowest BCUT2D eigenvalue weighted by atomic mass is 10.0. The molecule has 0 saturated heterocycles. The molecule has 0 unspecified atom stereocenters. The average Bonchev–Trinajstić information content (AvgIpc) is 3.32. The van der Waals surface area contributed by atoms with Crippen molar-refractivity contribution in [1.29, 1.82) is 0 Å². The molecule has 0 atom stereocenters. The lowest BCUT2D eigenvalue weighted by molar-refractivity contribution is -0.117. The number of primary amides is 1. The van der Waals surface area contributed by atoms with Crippen LogP contribution in [0.1, 0.15) is 30.5 Å². The van der Waals surface area contributed by atoms with E-state index >= 15 is 0 Å². The number of benzene rings is 2. The number of carbonyl (C=O) groups is 1. The van der Waals surface area contributed by atoms with E-state index in [9.17, 15) is 4.79 Å². The molecule has 4 rings (SSSR count). The van der Waals surface area contributed by atoms with Crippen molar-refractivity contribution < 1.29 is 14.3 Å². The molecule has 0 saturated carbocycles. The average molecular weight is 460 g/mol. The number of nitrogens with one attached hydrogen (secondary N) is 1.